The second kappa shape index (κ2) is 6.16. The molecule has 0 saturated carbocycles. The Kier molecular flexibility index (Phi) is 5.08. The summed E-state index contributed by atoms with van der Waals surface area (Å²) in [6.45, 7) is 4.68. The Morgan fingerprint density at radius 3 is 2.46 bits per heavy atom. The molecule has 72 valence electrons. The smallest absolute Gasteiger partial charge is 0.00756 e. The van der Waals surface area contributed by atoms with Crippen molar-refractivity contribution in [3.05, 3.63) is 35.9 Å². The molecule has 0 saturated heterocycles. The van der Waals surface area contributed by atoms with Gasteiger partial charge in [-0.05, 0) is 31.0 Å². The zero-order valence-electron chi connectivity index (χ0n) is 8.66. The molecule has 0 fully saturated rings. The first-order chi connectivity index (χ1) is 6.33. The summed E-state index contributed by atoms with van der Waals surface area (Å²) in [7, 11) is 0.237. The lowest BCUT2D eigenvalue weighted by Crippen LogP contribution is -1.87. The average Bonchev–Trinajstić information content (AvgIpc) is 2.16. The van der Waals surface area contributed by atoms with Crippen LogP contribution in [0.2, 0.25) is 0 Å². The van der Waals surface area contributed by atoms with Crippen molar-refractivity contribution >= 4 is 7.92 Å². The van der Waals surface area contributed by atoms with Crippen molar-refractivity contribution in [2.24, 2.45) is 0 Å². The minimum absolute atomic E-state index is 0.237. The molecule has 1 heteroatoms. The summed E-state index contributed by atoms with van der Waals surface area (Å²) < 4.78 is 0. The van der Waals surface area contributed by atoms with E-state index in [2.05, 4.69) is 43.9 Å². The highest BCUT2D eigenvalue weighted by Gasteiger charge is 2.00. The quantitative estimate of drug-likeness (QED) is 0.619. The topological polar surface area (TPSA) is 0 Å². The van der Waals surface area contributed by atoms with Gasteiger partial charge in [0, 0.05) is 0 Å². The van der Waals surface area contributed by atoms with Gasteiger partial charge < -0.3 is 0 Å². The summed E-state index contributed by atoms with van der Waals surface area (Å²) in [5.74, 6) is 0. The first-order valence-corrected chi connectivity index (χ1v) is 7.21. The van der Waals surface area contributed by atoms with Crippen LogP contribution >= 0.6 is 7.92 Å². The minimum atomic E-state index is 0.237. The van der Waals surface area contributed by atoms with E-state index in [1.165, 1.54) is 30.7 Å². The average molecular weight is 194 g/mol. The summed E-state index contributed by atoms with van der Waals surface area (Å²) in [5, 5.41) is 0. The highest BCUT2D eigenvalue weighted by molar-refractivity contribution is 7.55. The third-order valence-corrected chi connectivity index (χ3v) is 4.17. The monoisotopic (exact) mass is 194 g/mol. The molecule has 1 aromatic carbocycles. The Labute approximate surface area is 83.1 Å². The molecule has 0 bridgehead atoms. The van der Waals surface area contributed by atoms with Gasteiger partial charge in [-0.1, -0.05) is 43.7 Å². The number of benzene rings is 1. The van der Waals surface area contributed by atoms with E-state index in [9.17, 15) is 0 Å². The zero-order chi connectivity index (χ0) is 9.52. The van der Waals surface area contributed by atoms with Crippen LogP contribution in [0.15, 0.2) is 30.3 Å². The lowest BCUT2D eigenvalue weighted by Gasteiger charge is -2.11. The molecule has 0 N–H and O–H groups in total. The van der Waals surface area contributed by atoms with Gasteiger partial charge in [-0.15, -0.1) is 7.92 Å². The Hall–Kier alpha value is -0.350. The van der Waals surface area contributed by atoms with E-state index in [0.29, 0.717) is 0 Å². The molecule has 0 aliphatic rings. The summed E-state index contributed by atoms with van der Waals surface area (Å²) in [6.07, 6.45) is 5.47. The van der Waals surface area contributed by atoms with Gasteiger partial charge in [-0.2, -0.15) is 0 Å². The summed E-state index contributed by atoms with van der Waals surface area (Å²) in [6, 6.07) is 10.8. The van der Waals surface area contributed by atoms with Crippen LogP contribution in [-0.4, -0.2) is 12.8 Å². The van der Waals surface area contributed by atoms with E-state index in [0.717, 1.165) is 0 Å². The maximum atomic E-state index is 2.41. The third-order valence-electron chi connectivity index (χ3n) is 2.19. The molecule has 13 heavy (non-hydrogen) atoms. The van der Waals surface area contributed by atoms with Crippen LogP contribution in [0.1, 0.15) is 25.3 Å². The van der Waals surface area contributed by atoms with Gasteiger partial charge >= 0.3 is 0 Å². The van der Waals surface area contributed by atoms with Crippen LogP contribution < -0.4 is 0 Å². The van der Waals surface area contributed by atoms with Crippen LogP contribution in [-0.2, 0) is 6.16 Å². The number of hydrogen-bond donors (Lipinski definition) is 0. The molecule has 0 aromatic heterocycles. The molecule has 0 heterocycles. The van der Waals surface area contributed by atoms with E-state index in [4.69, 9.17) is 0 Å². The molecule has 0 aliphatic carbocycles. The van der Waals surface area contributed by atoms with Crippen molar-refractivity contribution in [2.75, 3.05) is 12.8 Å². The van der Waals surface area contributed by atoms with E-state index in [1.807, 2.05) is 0 Å². The molecule has 0 nitrogen and oxygen atoms in total. The van der Waals surface area contributed by atoms with Gasteiger partial charge in [0.05, 0.1) is 0 Å². The Balaban J connectivity index is 2.32. The van der Waals surface area contributed by atoms with Crippen molar-refractivity contribution in [2.45, 2.75) is 25.9 Å². The summed E-state index contributed by atoms with van der Waals surface area (Å²) in [5.41, 5.74) is 1.51. The van der Waals surface area contributed by atoms with Crippen molar-refractivity contribution in [3.63, 3.8) is 0 Å². The first-order valence-electron chi connectivity index (χ1n) is 5.05. The fourth-order valence-corrected chi connectivity index (χ4v) is 3.25. The lowest BCUT2D eigenvalue weighted by atomic mass is 10.2. The summed E-state index contributed by atoms with van der Waals surface area (Å²) in [4.78, 5) is 0. The predicted octanol–water partition coefficient (Wildman–Crippen LogP) is 4.10. The minimum Gasteiger partial charge on any atom is -0.105 e. The van der Waals surface area contributed by atoms with E-state index >= 15 is 0 Å². The van der Waals surface area contributed by atoms with Crippen LogP contribution in [0.3, 0.4) is 0 Å². The standard InChI is InChI=1S/C12H19P/c1-3-4-10-13(2)11-12-8-6-5-7-9-12/h5-9H,3-4,10-11H2,1-2H3. The number of hydrogen-bond acceptors (Lipinski definition) is 0. The molecule has 1 aromatic rings. The maximum absolute atomic E-state index is 2.41. The normalized spacial score (nSPS) is 12.8. The van der Waals surface area contributed by atoms with Gasteiger partial charge in [-0.3, -0.25) is 0 Å². The zero-order valence-corrected chi connectivity index (χ0v) is 9.56. The van der Waals surface area contributed by atoms with Crippen LogP contribution in [0, 0.1) is 0 Å². The molecule has 0 spiro atoms. The van der Waals surface area contributed by atoms with Gasteiger partial charge in [0.2, 0.25) is 0 Å². The molecular formula is C12H19P. The fourth-order valence-electron chi connectivity index (χ4n) is 1.40. The van der Waals surface area contributed by atoms with E-state index < -0.39 is 0 Å². The molecule has 0 amide bonds. The molecule has 1 atom stereocenters. The van der Waals surface area contributed by atoms with Gasteiger partial charge in [0.1, 0.15) is 0 Å². The molecule has 1 rings (SSSR count). The largest absolute Gasteiger partial charge is 0.105 e. The SMILES string of the molecule is CCCCP(C)Cc1ccccc1. The predicted molar refractivity (Wildman–Crippen MR) is 62.8 cm³/mol. The highest BCUT2D eigenvalue weighted by atomic mass is 31.1. The van der Waals surface area contributed by atoms with Gasteiger partial charge in [-0.25, -0.2) is 0 Å². The van der Waals surface area contributed by atoms with Crippen LogP contribution in [0.5, 0.6) is 0 Å². The van der Waals surface area contributed by atoms with Crippen molar-refractivity contribution in [1.82, 2.24) is 0 Å². The fraction of sp³-hybridized carbons (Fsp3) is 0.500. The summed E-state index contributed by atoms with van der Waals surface area (Å²) >= 11 is 0. The lowest BCUT2D eigenvalue weighted by molar-refractivity contribution is 0.890. The van der Waals surface area contributed by atoms with Gasteiger partial charge in [0.15, 0.2) is 0 Å². The Morgan fingerprint density at radius 1 is 1.15 bits per heavy atom. The van der Waals surface area contributed by atoms with Crippen molar-refractivity contribution < 1.29 is 0 Å². The molecule has 0 aliphatic heterocycles. The van der Waals surface area contributed by atoms with E-state index in [1.54, 1.807) is 0 Å². The Bertz CT molecular complexity index is 218. The molecular weight excluding hydrogens is 175 g/mol. The van der Waals surface area contributed by atoms with E-state index in [-0.39, 0.29) is 7.92 Å². The second-order valence-corrected chi connectivity index (χ2v) is 6.05. The highest BCUT2D eigenvalue weighted by Crippen LogP contribution is 2.35. The number of unbranched alkanes of at least 4 members (excludes halogenated alkanes) is 1. The second-order valence-electron chi connectivity index (χ2n) is 3.58. The van der Waals surface area contributed by atoms with Crippen molar-refractivity contribution in [3.8, 4) is 0 Å². The van der Waals surface area contributed by atoms with Crippen molar-refractivity contribution in [1.29, 1.82) is 0 Å². The van der Waals surface area contributed by atoms with Crippen LogP contribution in [0.4, 0.5) is 0 Å². The van der Waals surface area contributed by atoms with Crippen LogP contribution in [0.25, 0.3) is 0 Å². The maximum Gasteiger partial charge on any atom is -0.00756 e. The molecule has 0 radical (unpaired) electrons. The first kappa shape index (κ1) is 10.7. The Morgan fingerprint density at radius 2 is 1.85 bits per heavy atom. The number of rotatable bonds is 5. The third kappa shape index (κ3) is 4.43. The molecule has 1 unspecified atom stereocenters. The van der Waals surface area contributed by atoms with Gasteiger partial charge in [0.25, 0.3) is 0 Å².